The molecule has 4 nitrogen and oxygen atoms in total. The van der Waals surface area contributed by atoms with Crippen molar-refractivity contribution in [3.8, 4) is 5.75 Å². The second kappa shape index (κ2) is 8.83. The first-order valence-electron chi connectivity index (χ1n) is 8.07. The minimum atomic E-state index is -0.408. The molecule has 0 heterocycles. The highest BCUT2D eigenvalue weighted by Gasteiger charge is 2.20. The summed E-state index contributed by atoms with van der Waals surface area (Å²) < 4.78 is 18.8. The van der Waals surface area contributed by atoms with Gasteiger partial charge in [-0.15, -0.1) is 0 Å². The number of likely N-dealkylation sites (N-methyl/N-ethyl adjacent to an activating group) is 1. The van der Waals surface area contributed by atoms with Gasteiger partial charge >= 0.3 is 0 Å². The van der Waals surface area contributed by atoms with Gasteiger partial charge in [-0.05, 0) is 55.4 Å². The van der Waals surface area contributed by atoms with Gasteiger partial charge in [-0.2, -0.15) is 0 Å². The van der Waals surface area contributed by atoms with Crippen LogP contribution in [-0.2, 0) is 11.3 Å². The number of hydrogen-bond acceptors (Lipinski definition) is 3. The minimum absolute atomic E-state index is 0.127. The Morgan fingerprint density at radius 3 is 2.52 bits per heavy atom. The number of ether oxygens (including phenoxy) is 1. The molecule has 25 heavy (non-hydrogen) atoms. The van der Waals surface area contributed by atoms with E-state index in [4.69, 9.17) is 16.3 Å². The largest absolute Gasteiger partial charge is 0.494 e. The summed E-state index contributed by atoms with van der Waals surface area (Å²) in [6.45, 7) is 4.91. The Hall–Kier alpha value is -2.11. The zero-order valence-corrected chi connectivity index (χ0v) is 15.3. The molecule has 2 aromatic carbocycles. The van der Waals surface area contributed by atoms with Crippen molar-refractivity contribution in [2.24, 2.45) is 0 Å². The Labute approximate surface area is 152 Å². The Bertz CT molecular complexity index is 722. The van der Waals surface area contributed by atoms with E-state index in [0.717, 1.165) is 5.56 Å². The monoisotopic (exact) mass is 364 g/mol. The van der Waals surface area contributed by atoms with E-state index >= 15 is 0 Å². The van der Waals surface area contributed by atoms with Gasteiger partial charge in [-0.25, -0.2) is 4.39 Å². The fourth-order valence-corrected chi connectivity index (χ4v) is 2.64. The number of carbonyl (C=O) groups is 1. The van der Waals surface area contributed by atoms with Gasteiger partial charge in [-0.1, -0.05) is 24.6 Å². The SMILES string of the molecule is CCN(Cc1ccc(OC)c(F)c1)[C@H](C)C(=O)Nc1ccc(Cl)cc1. The fourth-order valence-electron chi connectivity index (χ4n) is 2.51. The Morgan fingerprint density at radius 1 is 1.28 bits per heavy atom. The van der Waals surface area contributed by atoms with Crippen molar-refractivity contribution < 1.29 is 13.9 Å². The zero-order valence-electron chi connectivity index (χ0n) is 14.6. The molecule has 0 spiro atoms. The first-order valence-corrected chi connectivity index (χ1v) is 8.45. The lowest BCUT2D eigenvalue weighted by molar-refractivity contribution is -0.120. The highest BCUT2D eigenvalue weighted by atomic mass is 35.5. The number of carbonyl (C=O) groups excluding carboxylic acids is 1. The molecule has 0 aromatic heterocycles. The smallest absolute Gasteiger partial charge is 0.241 e. The first-order chi connectivity index (χ1) is 11.9. The highest BCUT2D eigenvalue weighted by molar-refractivity contribution is 6.30. The molecule has 1 atom stereocenters. The van der Waals surface area contributed by atoms with Gasteiger partial charge in [0.1, 0.15) is 0 Å². The van der Waals surface area contributed by atoms with Crippen LogP contribution in [0.4, 0.5) is 10.1 Å². The molecule has 134 valence electrons. The average molecular weight is 365 g/mol. The lowest BCUT2D eigenvalue weighted by atomic mass is 10.1. The second-order valence-corrected chi connectivity index (χ2v) is 6.14. The van der Waals surface area contributed by atoms with Crippen molar-refractivity contribution in [2.75, 3.05) is 19.0 Å². The van der Waals surface area contributed by atoms with Gasteiger partial charge < -0.3 is 10.1 Å². The van der Waals surface area contributed by atoms with Gasteiger partial charge in [0.15, 0.2) is 11.6 Å². The zero-order chi connectivity index (χ0) is 18.4. The lowest BCUT2D eigenvalue weighted by Gasteiger charge is -2.27. The van der Waals surface area contributed by atoms with E-state index in [9.17, 15) is 9.18 Å². The highest BCUT2D eigenvalue weighted by Crippen LogP contribution is 2.20. The molecule has 0 radical (unpaired) electrons. The van der Waals surface area contributed by atoms with Crippen molar-refractivity contribution in [1.82, 2.24) is 4.90 Å². The topological polar surface area (TPSA) is 41.6 Å². The van der Waals surface area contributed by atoms with Crippen molar-refractivity contribution in [3.63, 3.8) is 0 Å². The molecule has 2 rings (SSSR count). The third-order valence-corrected chi connectivity index (χ3v) is 4.30. The third-order valence-electron chi connectivity index (χ3n) is 4.05. The summed E-state index contributed by atoms with van der Waals surface area (Å²) in [5.74, 6) is -0.326. The van der Waals surface area contributed by atoms with Gasteiger partial charge in [0.2, 0.25) is 5.91 Å². The van der Waals surface area contributed by atoms with Crippen LogP contribution < -0.4 is 10.1 Å². The Morgan fingerprint density at radius 2 is 1.96 bits per heavy atom. The number of nitrogens with one attached hydrogen (secondary N) is 1. The Kier molecular flexibility index (Phi) is 6.79. The van der Waals surface area contributed by atoms with Crippen LogP contribution in [0.1, 0.15) is 19.4 Å². The van der Waals surface area contributed by atoms with Gasteiger partial charge in [-0.3, -0.25) is 9.69 Å². The number of halogens is 2. The molecule has 0 fully saturated rings. The number of anilines is 1. The summed E-state index contributed by atoms with van der Waals surface area (Å²) in [6.07, 6.45) is 0. The van der Waals surface area contributed by atoms with Gasteiger partial charge in [0, 0.05) is 17.3 Å². The van der Waals surface area contributed by atoms with Crippen LogP contribution in [0.15, 0.2) is 42.5 Å². The normalized spacial score (nSPS) is 12.1. The van der Waals surface area contributed by atoms with Crippen LogP contribution in [-0.4, -0.2) is 30.5 Å². The van der Waals surface area contributed by atoms with Crippen molar-refractivity contribution in [1.29, 1.82) is 0 Å². The second-order valence-electron chi connectivity index (χ2n) is 5.70. The van der Waals surface area contributed by atoms with E-state index in [0.29, 0.717) is 23.8 Å². The van der Waals surface area contributed by atoms with E-state index in [2.05, 4.69) is 5.32 Å². The molecular weight excluding hydrogens is 343 g/mol. The van der Waals surface area contributed by atoms with Gasteiger partial charge in [0.05, 0.1) is 13.2 Å². The van der Waals surface area contributed by atoms with E-state index in [1.54, 1.807) is 36.4 Å². The number of nitrogens with zero attached hydrogens (tertiary/aromatic N) is 1. The van der Waals surface area contributed by atoms with E-state index in [1.807, 2.05) is 18.7 Å². The summed E-state index contributed by atoms with van der Waals surface area (Å²) in [4.78, 5) is 14.4. The molecule has 1 amide bonds. The Balaban J connectivity index is 2.04. The van der Waals surface area contributed by atoms with E-state index in [-0.39, 0.29) is 17.7 Å². The maximum Gasteiger partial charge on any atom is 0.241 e. The maximum absolute atomic E-state index is 13.9. The average Bonchev–Trinajstić information content (AvgIpc) is 2.61. The molecular formula is C19H22ClFN2O2. The molecule has 0 saturated carbocycles. The molecule has 0 aliphatic carbocycles. The minimum Gasteiger partial charge on any atom is -0.494 e. The summed E-state index contributed by atoms with van der Waals surface area (Å²) >= 11 is 5.85. The predicted octanol–water partition coefficient (Wildman–Crippen LogP) is 4.34. The number of hydrogen-bond donors (Lipinski definition) is 1. The molecule has 0 bridgehead atoms. The van der Waals surface area contributed by atoms with Crippen LogP contribution in [0.25, 0.3) is 0 Å². The van der Waals surface area contributed by atoms with Crippen LogP contribution >= 0.6 is 11.6 Å². The molecule has 0 aliphatic rings. The van der Waals surface area contributed by atoms with Crippen molar-refractivity contribution >= 4 is 23.2 Å². The van der Waals surface area contributed by atoms with Crippen LogP contribution in [0, 0.1) is 5.82 Å². The van der Waals surface area contributed by atoms with Crippen LogP contribution in [0.2, 0.25) is 5.02 Å². The van der Waals surface area contributed by atoms with Crippen molar-refractivity contribution in [2.45, 2.75) is 26.4 Å². The molecule has 0 unspecified atom stereocenters. The summed E-state index contributed by atoms with van der Waals surface area (Å²) in [5, 5.41) is 3.48. The maximum atomic E-state index is 13.9. The number of methoxy groups -OCH3 is 1. The van der Waals surface area contributed by atoms with Crippen molar-refractivity contribution in [3.05, 3.63) is 58.9 Å². The predicted molar refractivity (Wildman–Crippen MR) is 98.6 cm³/mol. The fraction of sp³-hybridized carbons (Fsp3) is 0.316. The lowest BCUT2D eigenvalue weighted by Crippen LogP contribution is -2.41. The third kappa shape index (κ3) is 5.18. The van der Waals surface area contributed by atoms with E-state index in [1.165, 1.54) is 13.2 Å². The van der Waals surface area contributed by atoms with Crippen LogP contribution in [0.3, 0.4) is 0 Å². The van der Waals surface area contributed by atoms with Gasteiger partial charge in [0.25, 0.3) is 0 Å². The summed E-state index contributed by atoms with van der Waals surface area (Å²) in [6, 6.07) is 11.4. The number of benzene rings is 2. The summed E-state index contributed by atoms with van der Waals surface area (Å²) in [7, 11) is 1.43. The molecule has 2 aromatic rings. The summed E-state index contributed by atoms with van der Waals surface area (Å²) in [5.41, 5.74) is 1.47. The molecule has 0 aliphatic heterocycles. The standard InChI is InChI=1S/C19H22ClFN2O2/c1-4-23(12-14-5-10-18(25-3)17(21)11-14)13(2)19(24)22-16-8-6-15(20)7-9-16/h5-11,13H,4,12H2,1-3H3,(H,22,24)/t13-/m1/s1. The molecule has 6 heteroatoms. The number of rotatable bonds is 7. The van der Waals surface area contributed by atoms with E-state index < -0.39 is 5.82 Å². The molecule has 1 N–H and O–H groups in total. The number of amides is 1. The quantitative estimate of drug-likeness (QED) is 0.794. The first kappa shape index (κ1) is 19.2. The van der Waals surface area contributed by atoms with Crippen LogP contribution in [0.5, 0.6) is 5.75 Å². The molecule has 0 saturated heterocycles.